The fraction of sp³-hybridized carbons (Fsp3) is 0.217. The van der Waals surface area contributed by atoms with Crippen LogP contribution in [-0.4, -0.2) is 28.4 Å². The van der Waals surface area contributed by atoms with Gasteiger partial charge in [-0.15, -0.1) is 0 Å². The molecule has 4 aromatic rings. The van der Waals surface area contributed by atoms with Gasteiger partial charge in [0.25, 0.3) is 5.91 Å². The zero-order valence-corrected chi connectivity index (χ0v) is 17.4. The summed E-state index contributed by atoms with van der Waals surface area (Å²) < 4.78 is 7.24. The van der Waals surface area contributed by atoms with E-state index < -0.39 is 0 Å². The molecule has 29 heavy (non-hydrogen) atoms. The predicted molar refractivity (Wildman–Crippen MR) is 116 cm³/mol. The monoisotopic (exact) mass is 403 g/mol. The number of hydrogen-bond acceptors (Lipinski definition) is 4. The number of aromatic nitrogens is 2. The number of ether oxygens (including phenoxy) is 1. The highest BCUT2D eigenvalue weighted by Gasteiger charge is 2.33. The quantitative estimate of drug-likeness (QED) is 0.485. The summed E-state index contributed by atoms with van der Waals surface area (Å²) in [4.78, 5) is 21.7. The highest BCUT2D eigenvalue weighted by atomic mass is 32.1. The molecule has 0 fully saturated rings. The highest BCUT2D eigenvalue weighted by Crippen LogP contribution is 2.35. The van der Waals surface area contributed by atoms with Gasteiger partial charge < -0.3 is 9.64 Å². The summed E-state index contributed by atoms with van der Waals surface area (Å²) in [5, 5.41) is 0. The minimum Gasteiger partial charge on any atom is -0.497 e. The van der Waals surface area contributed by atoms with Crippen LogP contribution in [0.25, 0.3) is 16.2 Å². The third-order valence-electron chi connectivity index (χ3n) is 5.56. The second-order valence-electron chi connectivity index (χ2n) is 7.38. The first-order valence-electron chi connectivity index (χ1n) is 9.61. The van der Waals surface area contributed by atoms with Crippen LogP contribution in [0.2, 0.25) is 0 Å². The number of thiazole rings is 1. The van der Waals surface area contributed by atoms with E-state index in [1.54, 1.807) is 7.11 Å². The molecular formula is C23H21N3O2S. The number of carbonyl (C=O) groups excluding carboxylic acids is 1. The van der Waals surface area contributed by atoms with E-state index in [0.717, 1.165) is 44.6 Å². The van der Waals surface area contributed by atoms with Crippen LogP contribution in [-0.2, 0) is 6.42 Å². The second kappa shape index (κ2) is 6.74. The third kappa shape index (κ3) is 2.83. The standard InChI is InChI=1S/C23H21N3O2S/c1-14-12-17-6-4-5-7-20(17)26(14)22(27)21-15(2)25-13-19(24-23(25)29-21)16-8-10-18(28-3)11-9-16/h4-11,13-14H,12H2,1-3H3/t14-/m1/s1. The summed E-state index contributed by atoms with van der Waals surface area (Å²) >= 11 is 1.45. The molecule has 0 bridgehead atoms. The summed E-state index contributed by atoms with van der Waals surface area (Å²) in [6.07, 6.45) is 2.90. The topological polar surface area (TPSA) is 46.8 Å². The maximum absolute atomic E-state index is 13.4. The van der Waals surface area contributed by atoms with Gasteiger partial charge in [-0.1, -0.05) is 29.5 Å². The van der Waals surface area contributed by atoms with Crippen LogP contribution in [0.15, 0.2) is 54.7 Å². The number of imidazole rings is 1. The lowest BCUT2D eigenvalue weighted by atomic mass is 10.1. The molecule has 1 aliphatic heterocycles. The first-order chi connectivity index (χ1) is 14.1. The van der Waals surface area contributed by atoms with Gasteiger partial charge in [-0.2, -0.15) is 0 Å². The van der Waals surface area contributed by atoms with Gasteiger partial charge in [-0.25, -0.2) is 4.98 Å². The molecular weight excluding hydrogens is 382 g/mol. The molecule has 0 saturated heterocycles. The molecule has 0 spiro atoms. The number of carbonyl (C=O) groups is 1. The fourth-order valence-electron chi connectivity index (χ4n) is 4.03. The van der Waals surface area contributed by atoms with Crippen molar-refractivity contribution in [1.82, 2.24) is 9.38 Å². The largest absolute Gasteiger partial charge is 0.497 e. The van der Waals surface area contributed by atoms with E-state index in [9.17, 15) is 4.79 Å². The van der Waals surface area contributed by atoms with Crippen LogP contribution in [0.1, 0.15) is 27.9 Å². The van der Waals surface area contributed by atoms with Gasteiger partial charge >= 0.3 is 0 Å². The first kappa shape index (κ1) is 17.9. The lowest BCUT2D eigenvalue weighted by Crippen LogP contribution is -2.35. The van der Waals surface area contributed by atoms with Crippen LogP contribution < -0.4 is 9.64 Å². The van der Waals surface area contributed by atoms with Crippen molar-refractivity contribution in [3.63, 3.8) is 0 Å². The molecule has 0 aliphatic carbocycles. The molecule has 146 valence electrons. The molecule has 1 aliphatic rings. The number of aryl methyl sites for hydroxylation is 1. The van der Waals surface area contributed by atoms with Crippen molar-refractivity contribution in [2.45, 2.75) is 26.3 Å². The average molecular weight is 404 g/mol. The fourth-order valence-corrected chi connectivity index (χ4v) is 5.08. The predicted octanol–water partition coefficient (Wildman–Crippen LogP) is 4.97. The van der Waals surface area contributed by atoms with Crippen LogP contribution >= 0.6 is 11.3 Å². The number of para-hydroxylation sites is 1. The first-order valence-corrected chi connectivity index (χ1v) is 10.4. The molecule has 2 aromatic heterocycles. The lowest BCUT2D eigenvalue weighted by Gasteiger charge is -2.22. The Bertz CT molecular complexity index is 1220. The number of fused-ring (bicyclic) bond motifs is 2. The van der Waals surface area contributed by atoms with E-state index >= 15 is 0 Å². The molecule has 1 amide bonds. The van der Waals surface area contributed by atoms with E-state index in [-0.39, 0.29) is 11.9 Å². The van der Waals surface area contributed by atoms with Gasteiger partial charge in [0.1, 0.15) is 10.6 Å². The van der Waals surface area contributed by atoms with Crippen molar-refractivity contribution >= 4 is 27.9 Å². The number of anilines is 1. The van der Waals surface area contributed by atoms with E-state index in [4.69, 9.17) is 9.72 Å². The number of amides is 1. The Morgan fingerprint density at radius 2 is 1.93 bits per heavy atom. The molecule has 3 heterocycles. The van der Waals surface area contributed by atoms with Crippen LogP contribution in [0.3, 0.4) is 0 Å². The molecule has 5 nitrogen and oxygen atoms in total. The summed E-state index contributed by atoms with van der Waals surface area (Å²) in [5.41, 5.74) is 5.10. The number of hydrogen-bond donors (Lipinski definition) is 0. The Kier molecular flexibility index (Phi) is 4.17. The van der Waals surface area contributed by atoms with Crippen molar-refractivity contribution in [3.05, 3.63) is 70.9 Å². The number of benzene rings is 2. The number of rotatable bonds is 3. The van der Waals surface area contributed by atoms with Gasteiger partial charge in [0, 0.05) is 29.2 Å². The Hall–Kier alpha value is -3.12. The van der Waals surface area contributed by atoms with E-state index in [0.29, 0.717) is 0 Å². The third-order valence-corrected chi connectivity index (χ3v) is 6.71. The summed E-state index contributed by atoms with van der Waals surface area (Å²) in [6.45, 7) is 4.09. The van der Waals surface area contributed by atoms with Crippen molar-refractivity contribution in [3.8, 4) is 17.0 Å². The Labute approximate surface area is 173 Å². The van der Waals surface area contributed by atoms with Gasteiger partial charge in [-0.05, 0) is 56.2 Å². The van der Waals surface area contributed by atoms with Crippen LogP contribution in [0, 0.1) is 6.92 Å². The molecule has 0 radical (unpaired) electrons. The summed E-state index contributed by atoms with van der Waals surface area (Å²) in [6, 6.07) is 16.2. The normalized spacial score (nSPS) is 15.7. The Balaban J connectivity index is 1.51. The van der Waals surface area contributed by atoms with Gasteiger partial charge in [-0.3, -0.25) is 9.20 Å². The zero-order chi connectivity index (χ0) is 20.1. The van der Waals surface area contributed by atoms with Crippen LogP contribution in [0.4, 0.5) is 5.69 Å². The van der Waals surface area contributed by atoms with Crippen LogP contribution in [0.5, 0.6) is 5.75 Å². The van der Waals surface area contributed by atoms with Crippen molar-refractivity contribution in [1.29, 1.82) is 0 Å². The maximum atomic E-state index is 13.4. The number of methoxy groups -OCH3 is 1. The summed E-state index contributed by atoms with van der Waals surface area (Å²) in [7, 11) is 1.66. The van der Waals surface area contributed by atoms with Crippen molar-refractivity contribution < 1.29 is 9.53 Å². The Morgan fingerprint density at radius 1 is 1.17 bits per heavy atom. The molecule has 5 rings (SSSR count). The summed E-state index contributed by atoms with van der Waals surface area (Å²) in [5.74, 6) is 0.875. The molecule has 2 aromatic carbocycles. The molecule has 0 unspecified atom stereocenters. The van der Waals surface area contributed by atoms with Crippen molar-refractivity contribution in [2.24, 2.45) is 0 Å². The maximum Gasteiger partial charge on any atom is 0.270 e. The second-order valence-corrected chi connectivity index (χ2v) is 8.36. The molecule has 6 heteroatoms. The van der Waals surface area contributed by atoms with Gasteiger partial charge in [0.15, 0.2) is 4.96 Å². The van der Waals surface area contributed by atoms with Gasteiger partial charge in [0.05, 0.1) is 12.8 Å². The lowest BCUT2D eigenvalue weighted by molar-refractivity contribution is 0.0984. The van der Waals surface area contributed by atoms with Crippen molar-refractivity contribution in [2.75, 3.05) is 12.0 Å². The van der Waals surface area contributed by atoms with E-state index in [1.807, 2.05) is 64.9 Å². The minimum atomic E-state index is 0.0569. The van der Waals surface area contributed by atoms with E-state index in [1.165, 1.54) is 16.9 Å². The highest BCUT2D eigenvalue weighted by molar-refractivity contribution is 7.19. The minimum absolute atomic E-state index is 0.0569. The van der Waals surface area contributed by atoms with Gasteiger partial charge in [0.2, 0.25) is 0 Å². The van der Waals surface area contributed by atoms with E-state index in [2.05, 4.69) is 13.0 Å². The molecule has 0 N–H and O–H groups in total. The molecule has 1 atom stereocenters. The Morgan fingerprint density at radius 3 is 2.66 bits per heavy atom. The average Bonchev–Trinajstić information content (AvgIpc) is 3.39. The SMILES string of the molecule is COc1ccc(-c2cn3c(C)c(C(=O)N4c5ccccc5C[C@H]4C)sc3n2)cc1. The molecule has 0 saturated carbocycles. The zero-order valence-electron chi connectivity index (χ0n) is 16.5. The number of nitrogens with zero attached hydrogens (tertiary/aromatic N) is 3. The smallest absolute Gasteiger partial charge is 0.270 e.